The van der Waals surface area contributed by atoms with Crippen LogP contribution in [-0.2, 0) is 4.79 Å². The van der Waals surface area contributed by atoms with Crippen molar-refractivity contribution >= 4 is 28.8 Å². The second-order valence-electron chi connectivity index (χ2n) is 3.97. The minimum atomic E-state index is -0.613. The van der Waals surface area contributed by atoms with Crippen LogP contribution in [0.4, 0.5) is 10.1 Å². The van der Waals surface area contributed by atoms with Crippen molar-refractivity contribution in [1.29, 1.82) is 0 Å². The Morgan fingerprint density at radius 3 is 2.71 bits per heavy atom. The smallest absolute Gasteiger partial charge is 0.234 e. The molecule has 0 bridgehead atoms. The highest BCUT2D eigenvalue weighted by molar-refractivity contribution is 7.80. The number of carbonyl (C=O) groups is 1. The van der Waals surface area contributed by atoms with Crippen LogP contribution >= 0.6 is 12.2 Å². The van der Waals surface area contributed by atoms with E-state index in [0.29, 0.717) is 0 Å². The first-order chi connectivity index (χ1) is 7.93. The molecule has 4 nitrogen and oxygen atoms in total. The van der Waals surface area contributed by atoms with E-state index in [2.05, 4.69) is 10.3 Å². The van der Waals surface area contributed by atoms with Crippen LogP contribution < -0.4 is 11.1 Å². The van der Waals surface area contributed by atoms with Crippen molar-refractivity contribution in [2.24, 2.45) is 17.6 Å². The van der Waals surface area contributed by atoms with Crippen LogP contribution in [0.1, 0.15) is 13.8 Å². The fourth-order valence-corrected chi connectivity index (χ4v) is 1.83. The zero-order chi connectivity index (χ0) is 13.0. The topological polar surface area (TPSA) is 68.0 Å². The van der Waals surface area contributed by atoms with Crippen LogP contribution in [0.15, 0.2) is 18.5 Å². The molecule has 1 aromatic rings. The summed E-state index contributed by atoms with van der Waals surface area (Å²) >= 11 is 4.83. The molecule has 0 aliphatic rings. The fraction of sp³-hybridized carbons (Fsp3) is 0.364. The van der Waals surface area contributed by atoms with E-state index in [0.717, 1.165) is 6.20 Å². The van der Waals surface area contributed by atoms with Crippen molar-refractivity contribution in [2.75, 3.05) is 5.32 Å². The van der Waals surface area contributed by atoms with Gasteiger partial charge in [0, 0.05) is 6.20 Å². The van der Waals surface area contributed by atoms with Crippen molar-refractivity contribution in [3.05, 3.63) is 24.3 Å². The molecule has 1 amide bonds. The Morgan fingerprint density at radius 1 is 1.59 bits per heavy atom. The molecule has 1 heterocycles. The highest BCUT2D eigenvalue weighted by atomic mass is 32.1. The van der Waals surface area contributed by atoms with E-state index < -0.39 is 17.6 Å². The number of nitrogens with zero attached hydrogens (tertiary/aromatic N) is 1. The molecular formula is C11H14FN3OS. The number of thiocarbonyl (C=S) groups is 1. The summed E-state index contributed by atoms with van der Waals surface area (Å²) in [5.74, 6) is -1.65. The lowest BCUT2D eigenvalue weighted by molar-refractivity contribution is -0.118. The molecule has 3 N–H and O–H groups in total. The molecule has 1 aromatic heterocycles. The van der Waals surface area contributed by atoms with Crippen LogP contribution in [-0.4, -0.2) is 15.9 Å². The number of halogens is 1. The molecule has 0 radical (unpaired) electrons. The Balaban J connectivity index is 2.85. The van der Waals surface area contributed by atoms with Gasteiger partial charge in [0.25, 0.3) is 0 Å². The first kappa shape index (κ1) is 13.5. The SMILES string of the molecule is CC(C)C(C(=O)Nc1ccncc1F)C(N)=S. The molecule has 0 fully saturated rings. The molecule has 0 aliphatic heterocycles. The van der Waals surface area contributed by atoms with Crippen LogP contribution in [0.3, 0.4) is 0 Å². The minimum Gasteiger partial charge on any atom is -0.393 e. The summed E-state index contributed by atoms with van der Waals surface area (Å²) in [5.41, 5.74) is 5.57. The van der Waals surface area contributed by atoms with E-state index in [1.165, 1.54) is 12.3 Å². The van der Waals surface area contributed by atoms with Crippen LogP contribution in [0.5, 0.6) is 0 Å². The van der Waals surface area contributed by atoms with Gasteiger partial charge in [0.05, 0.1) is 22.8 Å². The summed E-state index contributed by atoms with van der Waals surface area (Å²) in [6, 6.07) is 1.38. The van der Waals surface area contributed by atoms with Crippen molar-refractivity contribution in [3.63, 3.8) is 0 Å². The summed E-state index contributed by atoms with van der Waals surface area (Å²) in [6.45, 7) is 3.65. The third kappa shape index (κ3) is 3.45. The van der Waals surface area contributed by atoms with Gasteiger partial charge in [0.2, 0.25) is 5.91 Å². The van der Waals surface area contributed by atoms with E-state index >= 15 is 0 Å². The number of hydrogen-bond donors (Lipinski definition) is 2. The maximum atomic E-state index is 13.3. The Bertz CT molecular complexity index is 436. The van der Waals surface area contributed by atoms with Gasteiger partial charge >= 0.3 is 0 Å². The predicted molar refractivity (Wildman–Crippen MR) is 67.9 cm³/mol. The normalized spacial score (nSPS) is 12.2. The van der Waals surface area contributed by atoms with Gasteiger partial charge in [-0.1, -0.05) is 26.1 Å². The van der Waals surface area contributed by atoms with Gasteiger partial charge in [0.15, 0.2) is 5.82 Å². The Morgan fingerprint density at radius 2 is 2.24 bits per heavy atom. The van der Waals surface area contributed by atoms with Crippen LogP contribution in [0.25, 0.3) is 0 Å². The maximum absolute atomic E-state index is 13.3. The second kappa shape index (κ2) is 5.67. The number of anilines is 1. The quantitative estimate of drug-likeness (QED) is 0.804. The number of rotatable bonds is 4. The zero-order valence-corrected chi connectivity index (χ0v) is 10.4. The lowest BCUT2D eigenvalue weighted by atomic mass is 9.95. The first-order valence-electron chi connectivity index (χ1n) is 5.13. The number of aromatic nitrogens is 1. The van der Waals surface area contributed by atoms with Gasteiger partial charge in [0.1, 0.15) is 0 Å². The number of nitrogens with two attached hydrogens (primary N) is 1. The van der Waals surface area contributed by atoms with Crippen molar-refractivity contribution in [2.45, 2.75) is 13.8 Å². The Labute approximate surface area is 104 Å². The lowest BCUT2D eigenvalue weighted by Gasteiger charge is -2.18. The number of nitrogens with one attached hydrogen (secondary N) is 1. The van der Waals surface area contributed by atoms with Gasteiger partial charge in [-0.25, -0.2) is 4.39 Å². The van der Waals surface area contributed by atoms with Gasteiger partial charge in [-0.2, -0.15) is 0 Å². The fourth-order valence-electron chi connectivity index (χ4n) is 1.45. The molecular weight excluding hydrogens is 241 g/mol. The third-order valence-corrected chi connectivity index (χ3v) is 2.54. The molecule has 17 heavy (non-hydrogen) atoms. The van der Waals surface area contributed by atoms with Crippen LogP contribution in [0.2, 0.25) is 0 Å². The average Bonchev–Trinajstić information content (AvgIpc) is 2.20. The lowest BCUT2D eigenvalue weighted by Crippen LogP contribution is -2.36. The molecule has 6 heteroatoms. The third-order valence-electron chi connectivity index (χ3n) is 2.29. The highest BCUT2D eigenvalue weighted by Gasteiger charge is 2.25. The van der Waals surface area contributed by atoms with Crippen molar-refractivity contribution in [1.82, 2.24) is 4.98 Å². The standard InChI is InChI=1S/C11H14FN3OS/c1-6(2)9(10(13)17)11(16)15-8-3-4-14-5-7(8)12/h3-6,9H,1-2H3,(H2,13,17)(H,14,15,16). The minimum absolute atomic E-state index is 0.0441. The van der Waals surface area contributed by atoms with E-state index in [1.54, 1.807) is 0 Å². The van der Waals surface area contributed by atoms with E-state index in [9.17, 15) is 9.18 Å². The number of pyridine rings is 1. The summed E-state index contributed by atoms with van der Waals surface area (Å²) in [4.78, 5) is 15.6. The van der Waals surface area contributed by atoms with Crippen molar-refractivity contribution < 1.29 is 9.18 Å². The summed E-state index contributed by atoms with van der Waals surface area (Å²) in [7, 11) is 0. The molecule has 0 saturated carbocycles. The molecule has 0 saturated heterocycles. The maximum Gasteiger partial charge on any atom is 0.234 e. The van der Waals surface area contributed by atoms with Gasteiger partial charge in [-0.15, -0.1) is 0 Å². The Kier molecular flexibility index (Phi) is 4.51. The molecule has 0 aliphatic carbocycles. The monoisotopic (exact) mass is 255 g/mol. The van der Waals surface area contributed by atoms with E-state index in [-0.39, 0.29) is 16.6 Å². The molecule has 92 valence electrons. The van der Waals surface area contributed by atoms with Crippen molar-refractivity contribution in [3.8, 4) is 0 Å². The number of carbonyl (C=O) groups excluding carboxylic acids is 1. The number of hydrogen-bond acceptors (Lipinski definition) is 3. The summed E-state index contributed by atoms with van der Waals surface area (Å²) in [5, 5.41) is 2.45. The number of amides is 1. The molecule has 1 unspecified atom stereocenters. The van der Waals surface area contributed by atoms with E-state index in [4.69, 9.17) is 18.0 Å². The first-order valence-corrected chi connectivity index (χ1v) is 5.54. The van der Waals surface area contributed by atoms with E-state index in [1.807, 2.05) is 13.8 Å². The zero-order valence-electron chi connectivity index (χ0n) is 9.61. The Hall–Kier alpha value is -1.56. The second-order valence-corrected chi connectivity index (χ2v) is 4.44. The predicted octanol–water partition coefficient (Wildman–Crippen LogP) is 1.72. The molecule has 1 atom stereocenters. The molecule has 1 rings (SSSR count). The largest absolute Gasteiger partial charge is 0.393 e. The van der Waals surface area contributed by atoms with Gasteiger partial charge in [-0.05, 0) is 12.0 Å². The molecule has 0 spiro atoms. The highest BCUT2D eigenvalue weighted by Crippen LogP contribution is 2.17. The average molecular weight is 255 g/mol. The van der Waals surface area contributed by atoms with Gasteiger partial charge in [-0.3, -0.25) is 9.78 Å². The van der Waals surface area contributed by atoms with Gasteiger partial charge < -0.3 is 11.1 Å². The summed E-state index contributed by atoms with van der Waals surface area (Å²) < 4.78 is 13.3. The summed E-state index contributed by atoms with van der Waals surface area (Å²) in [6.07, 6.45) is 2.42. The molecule has 0 aromatic carbocycles. The van der Waals surface area contributed by atoms with Crippen LogP contribution in [0, 0.1) is 17.7 Å².